The fourth-order valence-corrected chi connectivity index (χ4v) is 3.44. The highest BCUT2D eigenvalue weighted by molar-refractivity contribution is 6.16. The number of imide groups is 1. The number of rotatable bonds is 8. The standard InChI is InChI=1S/C18H22N2O6/c1-3-4-10-19-15(21)11-18(16(19)22,17(23)26-2)14(12-20(24)25)13-8-6-5-7-9-13/h5-9,14H,3-4,10-12H2,1-2H3/t14-,18-/m0/s1. The first kappa shape index (κ1) is 19.6. The number of nitro groups is 1. The first-order valence-electron chi connectivity index (χ1n) is 8.48. The zero-order chi connectivity index (χ0) is 19.3. The molecular formula is C18H22N2O6. The smallest absolute Gasteiger partial charge is 0.322 e. The molecule has 0 aliphatic carbocycles. The van der Waals surface area contributed by atoms with E-state index in [4.69, 9.17) is 4.74 Å². The summed E-state index contributed by atoms with van der Waals surface area (Å²) in [6.45, 7) is 1.45. The summed E-state index contributed by atoms with van der Waals surface area (Å²) >= 11 is 0. The van der Waals surface area contributed by atoms with Crippen LogP contribution in [0.3, 0.4) is 0 Å². The quantitative estimate of drug-likeness (QED) is 0.229. The van der Waals surface area contributed by atoms with Crippen LogP contribution >= 0.6 is 0 Å². The third kappa shape index (κ3) is 3.44. The second kappa shape index (κ2) is 8.07. The average molecular weight is 362 g/mol. The Bertz CT molecular complexity index is 705. The van der Waals surface area contributed by atoms with Crippen molar-refractivity contribution in [2.24, 2.45) is 5.41 Å². The number of ether oxygens (including phenoxy) is 1. The molecule has 0 unspecified atom stereocenters. The van der Waals surface area contributed by atoms with Crippen LogP contribution in [0, 0.1) is 15.5 Å². The Hall–Kier alpha value is -2.77. The van der Waals surface area contributed by atoms with Crippen LogP contribution in [0.4, 0.5) is 0 Å². The number of unbranched alkanes of at least 4 members (excludes halogenated alkanes) is 1. The van der Waals surface area contributed by atoms with Crippen LogP contribution in [-0.4, -0.2) is 47.8 Å². The van der Waals surface area contributed by atoms with Crippen molar-refractivity contribution in [2.75, 3.05) is 20.2 Å². The summed E-state index contributed by atoms with van der Waals surface area (Å²) in [4.78, 5) is 50.0. The van der Waals surface area contributed by atoms with Crippen molar-refractivity contribution >= 4 is 17.8 Å². The highest BCUT2D eigenvalue weighted by Gasteiger charge is 2.63. The van der Waals surface area contributed by atoms with Crippen molar-refractivity contribution < 1.29 is 24.0 Å². The fourth-order valence-electron chi connectivity index (χ4n) is 3.44. The van der Waals surface area contributed by atoms with Crippen LogP contribution in [0.2, 0.25) is 0 Å². The molecule has 1 heterocycles. The van der Waals surface area contributed by atoms with Crippen molar-refractivity contribution in [2.45, 2.75) is 32.1 Å². The Morgan fingerprint density at radius 1 is 1.35 bits per heavy atom. The van der Waals surface area contributed by atoms with Gasteiger partial charge in [0, 0.05) is 11.5 Å². The molecule has 2 rings (SSSR count). The number of hydrogen-bond acceptors (Lipinski definition) is 6. The molecule has 0 N–H and O–H groups in total. The predicted molar refractivity (Wildman–Crippen MR) is 91.7 cm³/mol. The van der Waals surface area contributed by atoms with Gasteiger partial charge >= 0.3 is 5.97 Å². The zero-order valence-corrected chi connectivity index (χ0v) is 14.8. The van der Waals surface area contributed by atoms with Gasteiger partial charge in [0.15, 0.2) is 5.41 Å². The van der Waals surface area contributed by atoms with E-state index in [1.807, 2.05) is 6.92 Å². The highest BCUT2D eigenvalue weighted by Crippen LogP contribution is 2.46. The molecule has 1 aliphatic heterocycles. The molecule has 0 spiro atoms. The van der Waals surface area contributed by atoms with Gasteiger partial charge in [-0.25, -0.2) is 0 Å². The normalized spacial score (nSPS) is 20.9. The van der Waals surface area contributed by atoms with E-state index in [1.54, 1.807) is 30.3 Å². The minimum atomic E-state index is -1.91. The van der Waals surface area contributed by atoms with E-state index < -0.39 is 47.0 Å². The number of carbonyl (C=O) groups is 3. The van der Waals surface area contributed by atoms with E-state index in [2.05, 4.69) is 0 Å². The van der Waals surface area contributed by atoms with E-state index in [0.29, 0.717) is 12.0 Å². The molecular weight excluding hydrogens is 340 g/mol. The summed E-state index contributed by atoms with van der Waals surface area (Å²) in [6, 6.07) is 8.30. The Balaban J connectivity index is 2.57. The molecule has 2 amide bonds. The van der Waals surface area contributed by atoms with Gasteiger partial charge in [0.2, 0.25) is 18.4 Å². The SMILES string of the molecule is CCCCN1C(=O)C[C@](C(=O)OC)([C@@H](C[N+](=O)[O-])c2ccccc2)C1=O. The van der Waals surface area contributed by atoms with Gasteiger partial charge in [0.05, 0.1) is 19.4 Å². The van der Waals surface area contributed by atoms with Crippen LogP contribution < -0.4 is 0 Å². The van der Waals surface area contributed by atoms with Gasteiger partial charge in [0.25, 0.3) is 0 Å². The molecule has 0 aromatic heterocycles. The molecule has 1 saturated heterocycles. The molecule has 1 aromatic rings. The molecule has 8 nitrogen and oxygen atoms in total. The summed E-state index contributed by atoms with van der Waals surface area (Å²) in [6.07, 6.45) is 0.939. The Morgan fingerprint density at radius 3 is 2.54 bits per heavy atom. The van der Waals surface area contributed by atoms with E-state index in [0.717, 1.165) is 18.4 Å². The van der Waals surface area contributed by atoms with Gasteiger partial charge in [-0.05, 0) is 12.0 Å². The molecule has 26 heavy (non-hydrogen) atoms. The second-order valence-electron chi connectivity index (χ2n) is 6.32. The first-order valence-corrected chi connectivity index (χ1v) is 8.48. The highest BCUT2D eigenvalue weighted by atomic mass is 16.6. The third-order valence-electron chi connectivity index (χ3n) is 4.77. The summed E-state index contributed by atoms with van der Waals surface area (Å²) < 4.78 is 4.83. The molecule has 0 saturated carbocycles. The number of hydrogen-bond donors (Lipinski definition) is 0. The predicted octanol–water partition coefficient (Wildman–Crippen LogP) is 1.77. The Labute approximate surface area is 151 Å². The lowest BCUT2D eigenvalue weighted by Crippen LogP contribution is -2.47. The maximum atomic E-state index is 13.1. The van der Waals surface area contributed by atoms with E-state index >= 15 is 0 Å². The molecule has 1 fully saturated rings. The average Bonchev–Trinajstić information content (AvgIpc) is 2.89. The van der Waals surface area contributed by atoms with Crippen LogP contribution in [-0.2, 0) is 19.1 Å². The molecule has 140 valence electrons. The van der Waals surface area contributed by atoms with E-state index in [9.17, 15) is 24.5 Å². The number of carbonyl (C=O) groups excluding carboxylic acids is 3. The van der Waals surface area contributed by atoms with Crippen LogP contribution in [0.15, 0.2) is 30.3 Å². The summed E-state index contributed by atoms with van der Waals surface area (Å²) in [5.41, 5.74) is -1.46. The van der Waals surface area contributed by atoms with Crippen molar-refractivity contribution in [3.05, 3.63) is 46.0 Å². The summed E-state index contributed by atoms with van der Waals surface area (Å²) in [7, 11) is 1.12. The molecule has 0 bridgehead atoms. The number of likely N-dealkylation sites (tertiary alicyclic amines) is 1. The van der Waals surface area contributed by atoms with E-state index in [1.165, 1.54) is 0 Å². The number of methoxy groups -OCH3 is 1. The third-order valence-corrected chi connectivity index (χ3v) is 4.77. The van der Waals surface area contributed by atoms with Crippen molar-refractivity contribution in [3.63, 3.8) is 0 Å². The van der Waals surface area contributed by atoms with Gasteiger partial charge < -0.3 is 4.74 Å². The number of esters is 1. The second-order valence-corrected chi connectivity index (χ2v) is 6.32. The fraction of sp³-hybridized carbons (Fsp3) is 0.500. The number of nitrogens with zero attached hydrogens (tertiary/aromatic N) is 2. The lowest BCUT2D eigenvalue weighted by Gasteiger charge is -2.30. The number of amides is 2. The Kier molecular flexibility index (Phi) is 6.07. The van der Waals surface area contributed by atoms with Gasteiger partial charge in [-0.3, -0.25) is 29.4 Å². The molecule has 8 heteroatoms. The molecule has 1 aromatic carbocycles. The Morgan fingerprint density at radius 2 is 2.00 bits per heavy atom. The lowest BCUT2D eigenvalue weighted by atomic mass is 9.70. The first-order chi connectivity index (χ1) is 12.4. The largest absolute Gasteiger partial charge is 0.468 e. The molecule has 2 atom stereocenters. The van der Waals surface area contributed by atoms with Crippen molar-refractivity contribution in [1.29, 1.82) is 0 Å². The van der Waals surface area contributed by atoms with Gasteiger partial charge in [-0.15, -0.1) is 0 Å². The molecule has 0 radical (unpaired) electrons. The minimum absolute atomic E-state index is 0.187. The van der Waals surface area contributed by atoms with Gasteiger partial charge in [0.1, 0.15) is 0 Å². The van der Waals surface area contributed by atoms with Crippen LogP contribution in [0.5, 0.6) is 0 Å². The summed E-state index contributed by atoms with van der Waals surface area (Å²) in [5, 5.41) is 11.3. The van der Waals surface area contributed by atoms with Crippen molar-refractivity contribution in [3.8, 4) is 0 Å². The van der Waals surface area contributed by atoms with Crippen LogP contribution in [0.25, 0.3) is 0 Å². The van der Waals surface area contributed by atoms with E-state index in [-0.39, 0.29) is 6.54 Å². The maximum absolute atomic E-state index is 13.1. The van der Waals surface area contributed by atoms with Crippen molar-refractivity contribution in [1.82, 2.24) is 4.90 Å². The topological polar surface area (TPSA) is 107 Å². The maximum Gasteiger partial charge on any atom is 0.322 e. The molecule has 1 aliphatic rings. The van der Waals surface area contributed by atoms with Gasteiger partial charge in [-0.2, -0.15) is 0 Å². The van der Waals surface area contributed by atoms with Gasteiger partial charge in [-0.1, -0.05) is 43.7 Å². The van der Waals surface area contributed by atoms with Crippen LogP contribution in [0.1, 0.15) is 37.7 Å². The number of benzene rings is 1. The summed E-state index contributed by atoms with van der Waals surface area (Å²) in [5.74, 6) is -3.21. The monoisotopic (exact) mass is 362 g/mol. The lowest BCUT2D eigenvalue weighted by molar-refractivity contribution is -0.485. The minimum Gasteiger partial charge on any atom is -0.468 e. The zero-order valence-electron chi connectivity index (χ0n) is 14.8.